The van der Waals surface area contributed by atoms with Gasteiger partial charge in [-0.3, -0.25) is 4.79 Å². The number of halogens is 2. The first-order chi connectivity index (χ1) is 12.6. The number of nitrogens with one attached hydrogen (secondary N) is 2. The summed E-state index contributed by atoms with van der Waals surface area (Å²) in [6, 6.07) is 15.2. The quantitative estimate of drug-likeness (QED) is 0.683. The number of carbonyl (C=O) groups excluding carboxylic acids is 1. The predicted molar refractivity (Wildman–Crippen MR) is 101 cm³/mol. The molecule has 0 spiro atoms. The molecule has 0 bridgehead atoms. The van der Waals surface area contributed by atoms with E-state index in [1.807, 2.05) is 6.07 Å². The fourth-order valence-corrected chi connectivity index (χ4v) is 2.49. The number of aromatic nitrogens is 2. The number of carbonyl (C=O) groups is 1. The van der Waals surface area contributed by atoms with Gasteiger partial charge in [0.05, 0.1) is 22.0 Å². The van der Waals surface area contributed by atoms with Crippen molar-refractivity contribution >= 4 is 46.3 Å². The van der Waals surface area contributed by atoms with Gasteiger partial charge in [-0.1, -0.05) is 35.3 Å². The average Bonchev–Trinajstić information content (AvgIpc) is 2.65. The second-order valence-electron chi connectivity index (χ2n) is 5.15. The van der Waals surface area contributed by atoms with Crippen molar-refractivity contribution in [2.45, 2.75) is 0 Å². The number of benzene rings is 2. The van der Waals surface area contributed by atoms with Crippen LogP contribution in [0.25, 0.3) is 0 Å². The van der Waals surface area contributed by atoms with Gasteiger partial charge in [-0.25, -0.2) is 9.97 Å². The highest BCUT2D eigenvalue weighted by Gasteiger charge is 2.12. The third-order valence-corrected chi connectivity index (χ3v) is 3.95. The van der Waals surface area contributed by atoms with Crippen molar-refractivity contribution in [2.24, 2.45) is 0 Å². The molecule has 0 fully saturated rings. The minimum Gasteiger partial charge on any atom is -0.339 e. The summed E-state index contributed by atoms with van der Waals surface area (Å²) < 4.78 is 0. The van der Waals surface area contributed by atoms with Crippen molar-refractivity contribution in [3.05, 3.63) is 76.2 Å². The lowest BCUT2D eigenvalue weighted by Crippen LogP contribution is -2.15. The summed E-state index contributed by atoms with van der Waals surface area (Å²) >= 11 is 12.1. The van der Waals surface area contributed by atoms with Crippen molar-refractivity contribution in [1.29, 1.82) is 5.26 Å². The van der Waals surface area contributed by atoms with Crippen molar-refractivity contribution in [3.63, 3.8) is 0 Å². The normalized spacial score (nSPS) is 10.0. The molecule has 0 aliphatic rings. The second kappa shape index (κ2) is 7.83. The van der Waals surface area contributed by atoms with Crippen molar-refractivity contribution in [1.82, 2.24) is 9.97 Å². The van der Waals surface area contributed by atoms with Crippen LogP contribution in [-0.4, -0.2) is 15.9 Å². The van der Waals surface area contributed by atoms with Crippen LogP contribution in [0, 0.1) is 11.3 Å². The Balaban J connectivity index is 1.82. The van der Waals surface area contributed by atoms with E-state index >= 15 is 0 Å². The molecule has 1 amide bonds. The maximum absolute atomic E-state index is 12.4. The molecule has 1 aromatic heterocycles. The Morgan fingerprint density at radius 2 is 1.85 bits per heavy atom. The second-order valence-corrected chi connectivity index (χ2v) is 5.99. The van der Waals surface area contributed by atoms with E-state index in [0.29, 0.717) is 32.8 Å². The number of nitriles is 1. The maximum Gasteiger partial charge on any atom is 0.274 e. The van der Waals surface area contributed by atoms with Gasteiger partial charge in [0.25, 0.3) is 5.91 Å². The van der Waals surface area contributed by atoms with E-state index in [1.54, 1.807) is 42.5 Å². The van der Waals surface area contributed by atoms with E-state index in [-0.39, 0.29) is 5.69 Å². The summed E-state index contributed by atoms with van der Waals surface area (Å²) in [5, 5.41) is 15.7. The zero-order valence-electron chi connectivity index (χ0n) is 13.2. The molecule has 8 heteroatoms. The van der Waals surface area contributed by atoms with Crippen LogP contribution in [0.5, 0.6) is 0 Å². The Morgan fingerprint density at radius 3 is 2.65 bits per heavy atom. The highest BCUT2D eigenvalue weighted by atomic mass is 35.5. The minimum absolute atomic E-state index is 0.133. The van der Waals surface area contributed by atoms with Gasteiger partial charge in [0.15, 0.2) is 0 Å². The molecule has 0 aliphatic heterocycles. The summed E-state index contributed by atoms with van der Waals surface area (Å²) in [5.74, 6) is -0.0850. The topological polar surface area (TPSA) is 90.7 Å². The average molecular weight is 384 g/mol. The van der Waals surface area contributed by atoms with E-state index in [2.05, 4.69) is 20.6 Å². The van der Waals surface area contributed by atoms with E-state index in [1.165, 1.54) is 12.4 Å². The molecule has 0 saturated heterocycles. The third-order valence-electron chi connectivity index (χ3n) is 3.39. The van der Waals surface area contributed by atoms with Crippen LogP contribution >= 0.6 is 23.2 Å². The molecule has 128 valence electrons. The Hall–Kier alpha value is -3.14. The van der Waals surface area contributed by atoms with Gasteiger partial charge in [0.2, 0.25) is 0 Å². The van der Waals surface area contributed by atoms with Crippen LogP contribution in [0.15, 0.2) is 54.9 Å². The third kappa shape index (κ3) is 4.09. The van der Waals surface area contributed by atoms with Gasteiger partial charge < -0.3 is 10.6 Å². The zero-order chi connectivity index (χ0) is 18.5. The van der Waals surface area contributed by atoms with E-state index in [0.717, 1.165) is 0 Å². The monoisotopic (exact) mass is 383 g/mol. The van der Waals surface area contributed by atoms with Crippen LogP contribution < -0.4 is 10.6 Å². The number of nitrogens with zero attached hydrogens (tertiary/aromatic N) is 3. The van der Waals surface area contributed by atoms with Gasteiger partial charge in [0, 0.05) is 11.1 Å². The molecule has 3 rings (SSSR count). The van der Waals surface area contributed by atoms with Gasteiger partial charge in [-0.05, 0) is 30.3 Å². The lowest BCUT2D eigenvalue weighted by molar-refractivity contribution is 0.102. The Kier molecular flexibility index (Phi) is 5.32. The van der Waals surface area contributed by atoms with E-state index < -0.39 is 5.91 Å². The van der Waals surface area contributed by atoms with Crippen LogP contribution in [0.2, 0.25) is 10.0 Å². The smallest absolute Gasteiger partial charge is 0.274 e. The molecule has 2 aromatic carbocycles. The predicted octanol–water partition coefficient (Wildman–Crippen LogP) is 4.65. The Labute approximate surface area is 159 Å². The van der Waals surface area contributed by atoms with E-state index in [4.69, 9.17) is 28.5 Å². The number of para-hydroxylation sites is 1. The van der Waals surface area contributed by atoms with E-state index in [9.17, 15) is 4.79 Å². The molecule has 2 N–H and O–H groups in total. The van der Waals surface area contributed by atoms with Crippen LogP contribution in [-0.2, 0) is 0 Å². The number of amides is 1. The van der Waals surface area contributed by atoms with Gasteiger partial charge in [0.1, 0.15) is 23.9 Å². The fourth-order valence-electron chi connectivity index (χ4n) is 2.16. The summed E-state index contributed by atoms with van der Waals surface area (Å²) in [6.45, 7) is 0. The van der Waals surface area contributed by atoms with Crippen LogP contribution in [0.4, 0.5) is 17.2 Å². The largest absolute Gasteiger partial charge is 0.339 e. The molecule has 0 radical (unpaired) electrons. The first kappa shape index (κ1) is 17.7. The Morgan fingerprint density at radius 1 is 1.04 bits per heavy atom. The first-order valence-corrected chi connectivity index (χ1v) is 8.17. The fraction of sp³-hybridized carbons (Fsp3) is 0. The maximum atomic E-state index is 12.4. The van der Waals surface area contributed by atoms with Gasteiger partial charge >= 0.3 is 0 Å². The number of hydrogen-bond donors (Lipinski definition) is 2. The number of rotatable bonds is 4. The molecule has 0 saturated carbocycles. The molecule has 0 atom stereocenters. The zero-order valence-corrected chi connectivity index (χ0v) is 14.7. The SMILES string of the molecule is N#Cc1ccccc1NC(=O)c1cc(Nc2cc(Cl)ccc2Cl)ncn1. The number of hydrogen-bond acceptors (Lipinski definition) is 5. The first-order valence-electron chi connectivity index (χ1n) is 7.41. The molecule has 6 nitrogen and oxygen atoms in total. The lowest BCUT2D eigenvalue weighted by atomic mass is 10.2. The summed E-state index contributed by atoms with van der Waals surface area (Å²) in [7, 11) is 0. The molecule has 0 unspecified atom stereocenters. The molecule has 1 heterocycles. The Bertz CT molecular complexity index is 1020. The molecule has 3 aromatic rings. The molecular formula is C18H11Cl2N5O. The minimum atomic E-state index is -0.463. The molecule has 0 aliphatic carbocycles. The van der Waals surface area contributed by atoms with Crippen molar-refractivity contribution < 1.29 is 4.79 Å². The van der Waals surface area contributed by atoms with Crippen molar-refractivity contribution in [3.8, 4) is 6.07 Å². The summed E-state index contributed by atoms with van der Waals surface area (Å²) in [4.78, 5) is 20.5. The molecular weight excluding hydrogens is 373 g/mol. The number of anilines is 3. The summed E-state index contributed by atoms with van der Waals surface area (Å²) in [5.41, 5.74) is 1.46. The summed E-state index contributed by atoms with van der Waals surface area (Å²) in [6.07, 6.45) is 1.26. The van der Waals surface area contributed by atoms with Gasteiger partial charge in [-0.2, -0.15) is 5.26 Å². The molecule has 26 heavy (non-hydrogen) atoms. The van der Waals surface area contributed by atoms with Crippen molar-refractivity contribution in [2.75, 3.05) is 10.6 Å². The highest BCUT2D eigenvalue weighted by molar-refractivity contribution is 6.35. The highest BCUT2D eigenvalue weighted by Crippen LogP contribution is 2.27. The lowest BCUT2D eigenvalue weighted by Gasteiger charge is -2.10. The van der Waals surface area contributed by atoms with Crippen LogP contribution in [0.1, 0.15) is 16.1 Å². The van der Waals surface area contributed by atoms with Gasteiger partial charge in [-0.15, -0.1) is 0 Å². The standard InChI is InChI=1S/C18H11Cl2N5O/c19-12-5-6-13(20)15(7-12)24-17-8-16(22-10-23-17)18(26)25-14-4-2-1-3-11(14)9-21/h1-8,10H,(H,25,26)(H,22,23,24). The van der Waals surface area contributed by atoms with Crippen LogP contribution in [0.3, 0.4) is 0 Å².